The molecule has 4 aliphatic rings. The molecule has 7 aromatic rings. The standard InChI is InChI=1S/C46H39F7N10O2S/c1-22-23(2)45(49,50)39-36(22)38(46(51,52)53)60-63(39)21-35(64)54-33(17-24-15-26(47)19-27(48)16-24)37-28(25-7-8-30-29(18-25)41(65)59-44(30)9-10-44)20-34-40(57-37)58-43(66-34)62-13-11-61(12-14-62)42-55-31-5-3-4-6-32(31)56-42/h3-8,15-16,18-20,22-23,33H,9-14,17,21H2,1-2H3,(H,54,64)(H,55,56)(H,59,65)/t22-,23+,33-/m0/s1. The molecule has 2 fully saturated rings. The number of nitrogens with one attached hydrogen (secondary N) is 3. The Balaban J connectivity index is 0.984. The fourth-order valence-corrected chi connectivity index (χ4v) is 10.8. The van der Waals surface area contributed by atoms with Gasteiger partial charge in [-0.05, 0) is 78.3 Å². The maximum atomic E-state index is 15.7. The van der Waals surface area contributed by atoms with Gasteiger partial charge in [0.15, 0.2) is 16.5 Å². The number of hydrogen-bond donors (Lipinski definition) is 3. The maximum Gasteiger partial charge on any atom is 0.435 e. The van der Waals surface area contributed by atoms with Crippen molar-refractivity contribution in [3.05, 3.63) is 118 Å². The van der Waals surface area contributed by atoms with Crippen LogP contribution in [0.25, 0.3) is 32.5 Å². The Labute approximate surface area is 375 Å². The van der Waals surface area contributed by atoms with E-state index in [1.54, 1.807) is 6.07 Å². The molecule has 0 unspecified atom stereocenters. The van der Waals surface area contributed by atoms with Crippen LogP contribution in [0, 0.1) is 17.6 Å². The number of fused-ring (bicyclic) bond motifs is 5. The lowest BCUT2D eigenvalue weighted by atomic mass is 9.92. The zero-order valence-corrected chi connectivity index (χ0v) is 36.1. The lowest BCUT2D eigenvalue weighted by molar-refractivity contribution is -0.143. The minimum atomic E-state index is -5.08. The molecule has 0 radical (unpaired) electrons. The van der Waals surface area contributed by atoms with Crippen molar-refractivity contribution in [1.82, 2.24) is 40.3 Å². The first-order valence-corrected chi connectivity index (χ1v) is 22.3. The number of anilines is 2. The Morgan fingerprint density at radius 2 is 1.65 bits per heavy atom. The van der Waals surface area contributed by atoms with Gasteiger partial charge in [-0.25, -0.2) is 18.7 Å². The van der Waals surface area contributed by atoms with Crippen LogP contribution >= 0.6 is 11.3 Å². The molecule has 20 heteroatoms. The van der Waals surface area contributed by atoms with Gasteiger partial charge in [-0.2, -0.15) is 32.0 Å². The summed E-state index contributed by atoms with van der Waals surface area (Å²) in [5.41, 5.74) is 0.963. The Kier molecular flexibility index (Phi) is 9.55. The number of thiazole rings is 1. The Morgan fingerprint density at radius 1 is 0.924 bits per heavy atom. The van der Waals surface area contributed by atoms with Gasteiger partial charge in [-0.3, -0.25) is 14.3 Å². The summed E-state index contributed by atoms with van der Waals surface area (Å²) in [7, 11) is 0. The Morgan fingerprint density at radius 3 is 2.36 bits per heavy atom. The van der Waals surface area contributed by atoms with Gasteiger partial charge < -0.3 is 25.4 Å². The Hall–Kier alpha value is -6.57. The molecule has 340 valence electrons. The van der Waals surface area contributed by atoms with E-state index in [0.29, 0.717) is 63.4 Å². The van der Waals surface area contributed by atoms with E-state index in [9.17, 15) is 31.5 Å². The number of amides is 2. The van der Waals surface area contributed by atoms with Crippen LogP contribution in [0.5, 0.6) is 0 Å². The molecule has 6 heterocycles. The number of pyridine rings is 1. The summed E-state index contributed by atoms with van der Waals surface area (Å²) < 4.78 is 105. The van der Waals surface area contributed by atoms with E-state index < -0.39 is 76.6 Å². The van der Waals surface area contributed by atoms with Gasteiger partial charge in [0.1, 0.15) is 23.9 Å². The molecule has 2 aliphatic heterocycles. The highest BCUT2D eigenvalue weighted by Crippen LogP contribution is 2.56. The number of hydrogen-bond acceptors (Lipinski definition) is 9. The van der Waals surface area contributed by atoms with Gasteiger partial charge in [0.2, 0.25) is 11.9 Å². The molecule has 0 bridgehead atoms. The fraction of sp³-hybridized carbons (Fsp3) is 0.348. The smallest absolute Gasteiger partial charge is 0.346 e. The fourth-order valence-electron chi connectivity index (χ4n) is 9.80. The quantitative estimate of drug-likeness (QED) is 0.122. The highest BCUT2D eigenvalue weighted by molar-refractivity contribution is 7.22. The number of halogens is 7. The topological polar surface area (TPSA) is 137 Å². The molecule has 2 aliphatic carbocycles. The van der Waals surface area contributed by atoms with Crippen molar-refractivity contribution in [1.29, 1.82) is 0 Å². The van der Waals surface area contributed by atoms with Crippen LogP contribution in [0.2, 0.25) is 0 Å². The third-order valence-electron chi connectivity index (χ3n) is 13.5. The number of benzene rings is 3. The highest BCUT2D eigenvalue weighted by atomic mass is 32.1. The number of nitrogens with zero attached hydrogens (tertiary/aromatic N) is 7. The lowest BCUT2D eigenvalue weighted by Crippen LogP contribution is -2.46. The zero-order valence-electron chi connectivity index (χ0n) is 35.2. The molecule has 66 heavy (non-hydrogen) atoms. The van der Waals surface area contributed by atoms with Crippen molar-refractivity contribution in [2.75, 3.05) is 36.0 Å². The number of aromatic amines is 1. The number of H-pyrrole nitrogens is 1. The average Bonchev–Trinajstić information content (AvgIpc) is 3.60. The SMILES string of the molecule is C[C@@H]1c2c(C(F)(F)F)nn(CC(=O)N[C@@H](Cc3cc(F)cc(F)c3)c3nc4nc(N5CCN(c6nc7ccccc7[nH]6)CC5)sc4cc3-c3ccc4c(c3)C(=O)NC43CC3)c2C(F)(F)[C@@H]1C. The minimum Gasteiger partial charge on any atom is -0.346 e. The number of carbonyl (C=O) groups is 2. The van der Waals surface area contributed by atoms with Crippen molar-refractivity contribution >= 4 is 55.6 Å². The molecule has 3 aromatic carbocycles. The molecule has 4 aromatic heterocycles. The second-order valence-electron chi connectivity index (χ2n) is 17.7. The van der Waals surface area contributed by atoms with Crippen LogP contribution in [-0.4, -0.2) is 67.7 Å². The van der Waals surface area contributed by atoms with E-state index >= 15 is 8.78 Å². The highest BCUT2D eigenvalue weighted by Gasteiger charge is 2.58. The van der Waals surface area contributed by atoms with Crippen molar-refractivity contribution in [2.45, 2.75) is 69.3 Å². The van der Waals surface area contributed by atoms with Crippen LogP contribution in [-0.2, 0) is 35.4 Å². The van der Waals surface area contributed by atoms with Crippen LogP contribution in [0.15, 0.2) is 66.7 Å². The monoisotopic (exact) mass is 928 g/mol. The van der Waals surface area contributed by atoms with E-state index in [2.05, 4.69) is 30.5 Å². The van der Waals surface area contributed by atoms with Gasteiger partial charge in [0.05, 0.1) is 33.0 Å². The van der Waals surface area contributed by atoms with E-state index in [0.717, 1.165) is 54.4 Å². The van der Waals surface area contributed by atoms with Crippen molar-refractivity contribution in [3.8, 4) is 11.1 Å². The second-order valence-corrected chi connectivity index (χ2v) is 18.7. The average molecular weight is 929 g/mol. The van der Waals surface area contributed by atoms with Crippen molar-refractivity contribution in [3.63, 3.8) is 0 Å². The van der Waals surface area contributed by atoms with E-state index in [1.165, 1.54) is 18.3 Å². The van der Waals surface area contributed by atoms with E-state index in [-0.39, 0.29) is 29.2 Å². The molecule has 3 atom stereocenters. The van der Waals surface area contributed by atoms with Crippen molar-refractivity contribution in [2.24, 2.45) is 5.92 Å². The molecule has 3 N–H and O–H groups in total. The Bertz CT molecular complexity index is 3080. The molecule has 2 amide bonds. The number of piperazine rings is 1. The largest absolute Gasteiger partial charge is 0.435 e. The molecular weight excluding hydrogens is 890 g/mol. The van der Waals surface area contributed by atoms with Gasteiger partial charge >= 0.3 is 6.18 Å². The third kappa shape index (κ3) is 7.02. The maximum absolute atomic E-state index is 15.7. The van der Waals surface area contributed by atoms with E-state index in [4.69, 9.17) is 15.0 Å². The molecular formula is C46H39F7N10O2S. The zero-order chi connectivity index (χ0) is 46.0. The van der Waals surface area contributed by atoms with Crippen LogP contribution in [0.4, 0.5) is 41.8 Å². The summed E-state index contributed by atoms with van der Waals surface area (Å²) >= 11 is 1.38. The van der Waals surface area contributed by atoms with Crippen LogP contribution in [0.3, 0.4) is 0 Å². The number of alkyl halides is 5. The third-order valence-corrected chi connectivity index (χ3v) is 14.5. The summed E-state index contributed by atoms with van der Waals surface area (Å²) in [6.07, 6.45) is -3.81. The number of para-hydroxylation sites is 2. The number of carbonyl (C=O) groups excluding carboxylic acids is 2. The predicted molar refractivity (Wildman–Crippen MR) is 231 cm³/mol. The normalized spacial score (nSPS) is 20.0. The summed E-state index contributed by atoms with van der Waals surface area (Å²) in [6.45, 7) is 3.81. The van der Waals surface area contributed by atoms with Crippen molar-refractivity contribution < 1.29 is 40.3 Å². The number of aromatic nitrogens is 6. The van der Waals surface area contributed by atoms with Crippen LogP contribution in [0.1, 0.15) is 82.8 Å². The van der Waals surface area contributed by atoms with Crippen LogP contribution < -0.4 is 20.4 Å². The van der Waals surface area contributed by atoms with Gasteiger partial charge in [0.25, 0.3) is 11.8 Å². The summed E-state index contributed by atoms with van der Waals surface area (Å²) in [5, 5.41) is 10.0. The number of imidazole rings is 1. The second kappa shape index (κ2) is 15.0. The summed E-state index contributed by atoms with van der Waals surface area (Å²) in [6, 6.07) is 16.5. The minimum absolute atomic E-state index is 0.0875. The molecule has 1 saturated heterocycles. The summed E-state index contributed by atoms with van der Waals surface area (Å²) in [5.74, 6) is -8.80. The molecule has 12 nitrogen and oxygen atoms in total. The van der Waals surface area contributed by atoms with Gasteiger partial charge in [0, 0.05) is 54.9 Å². The lowest BCUT2D eigenvalue weighted by Gasteiger charge is -2.34. The molecule has 1 saturated carbocycles. The summed E-state index contributed by atoms with van der Waals surface area (Å²) in [4.78, 5) is 49.8. The first-order valence-electron chi connectivity index (χ1n) is 21.5. The number of rotatable bonds is 9. The first-order chi connectivity index (χ1) is 31.5. The first kappa shape index (κ1) is 42.1. The van der Waals surface area contributed by atoms with Gasteiger partial charge in [-0.1, -0.05) is 49.4 Å². The van der Waals surface area contributed by atoms with E-state index in [1.807, 2.05) is 42.5 Å². The molecule has 1 spiro atoms. The molecule has 11 rings (SSSR count). The van der Waals surface area contributed by atoms with Gasteiger partial charge in [-0.15, -0.1) is 0 Å². The predicted octanol–water partition coefficient (Wildman–Crippen LogP) is 8.73.